The fraction of sp³-hybridized carbons (Fsp3) is 1.00. The molecule has 6 rings (SSSR count). The van der Waals surface area contributed by atoms with Gasteiger partial charge in [0.2, 0.25) is 0 Å². The Morgan fingerprint density at radius 1 is 0.350 bits per heavy atom. The van der Waals surface area contributed by atoms with Crippen molar-refractivity contribution < 1.29 is 0 Å². The van der Waals surface area contributed by atoms with Gasteiger partial charge in [0.05, 0.1) is 0 Å². The molecule has 0 N–H and O–H groups in total. The predicted octanol–water partition coefficient (Wildman–Crippen LogP) is 5.13. The fourth-order valence-electron chi connectivity index (χ4n) is 9.25. The molecular weight excluding hydrogens is 240 g/mol. The molecule has 6 aliphatic carbocycles. The Morgan fingerprint density at radius 2 is 0.750 bits per heavy atom. The normalized spacial score (nSPS) is 66.0. The molecule has 0 bridgehead atoms. The van der Waals surface area contributed by atoms with Crippen LogP contribution in [0.3, 0.4) is 0 Å². The molecule has 20 heavy (non-hydrogen) atoms. The average Bonchev–Trinajstić information content (AvgIpc) is 3.18. The van der Waals surface area contributed by atoms with E-state index in [0.717, 1.165) is 0 Å². The SMILES string of the molecule is C1C[C@H]2C[C@@H]([C@H]3C[C@@H]4CC[C@H]5CC[C@@H]3[C@H]54)[C@H]3CC[C@H]1[C@@H]23. The molecule has 0 aromatic rings. The summed E-state index contributed by atoms with van der Waals surface area (Å²) in [6.45, 7) is 0. The van der Waals surface area contributed by atoms with Gasteiger partial charge in [-0.1, -0.05) is 0 Å². The third kappa shape index (κ3) is 1.27. The lowest BCUT2D eigenvalue weighted by atomic mass is 9.75. The first-order valence-corrected chi connectivity index (χ1v) is 9.90. The van der Waals surface area contributed by atoms with E-state index < -0.39 is 0 Å². The Hall–Kier alpha value is 0. The summed E-state index contributed by atoms with van der Waals surface area (Å²) < 4.78 is 0. The van der Waals surface area contributed by atoms with Gasteiger partial charge in [-0.15, -0.1) is 0 Å². The van der Waals surface area contributed by atoms with Crippen LogP contribution < -0.4 is 0 Å². The van der Waals surface area contributed by atoms with Crippen molar-refractivity contribution in [2.24, 2.45) is 59.2 Å². The Balaban J connectivity index is 1.31. The number of hydrogen-bond donors (Lipinski definition) is 0. The highest BCUT2D eigenvalue weighted by Gasteiger charge is 2.60. The minimum Gasteiger partial charge on any atom is -0.0499 e. The summed E-state index contributed by atoms with van der Waals surface area (Å²) in [5.41, 5.74) is 0. The quantitative estimate of drug-likeness (QED) is 0.619. The van der Waals surface area contributed by atoms with Crippen LogP contribution in [0.25, 0.3) is 0 Å². The summed E-state index contributed by atoms with van der Waals surface area (Å²) in [6, 6.07) is 0. The maximum Gasteiger partial charge on any atom is -0.0326 e. The molecule has 0 heteroatoms. The van der Waals surface area contributed by atoms with E-state index in [0.29, 0.717) is 0 Å². The van der Waals surface area contributed by atoms with Crippen molar-refractivity contribution in [2.75, 3.05) is 0 Å². The van der Waals surface area contributed by atoms with Crippen molar-refractivity contribution in [2.45, 2.75) is 64.2 Å². The summed E-state index contributed by atoms with van der Waals surface area (Å²) in [5.74, 6) is 12.0. The van der Waals surface area contributed by atoms with Gasteiger partial charge in [-0.05, 0) is 123 Å². The van der Waals surface area contributed by atoms with Gasteiger partial charge in [-0.3, -0.25) is 0 Å². The van der Waals surface area contributed by atoms with E-state index in [-0.39, 0.29) is 0 Å². The molecular formula is C20H30. The Bertz CT molecular complexity index is 386. The van der Waals surface area contributed by atoms with Gasteiger partial charge in [-0.25, -0.2) is 0 Å². The third-order valence-electron chi connectivity index (χ3n) is 9.52. The fourth-order valence-corrected chi connectivity index (χ4v) is 9.25. The average molecular weight is 270 g/mol. The Morgan fingerprint density at radius 3 is 1.25 bits per heavy atom. The van der Waals surface area contributed by atoms with Gasteiger partial charge in [0.1, 0.15) is 0 Å². The highest BCUT2D eigenvalue weighted by Crippen LogP contribution is 2.68. The molecule has 0 aliphatic heterocycles. The van der Waals surface area contributed by atoms with Crippen LogP contribution in [0.2, 0.25) is 0 Å². The zero-order chi connectivity index (χ0) is 12.8. The van der Waals surface area contributed by atoms with Crippen LogP contribution in [0.1, 0.15) is 64.2 Å². The van der Waals surface area contributed by atoms with Crippen LogP contribution in [0.5, 0.6) is 0 Å². The van der Waals surface area contributed by atoms with Gasteiger partial charge in [0.25, 0.3) is 0 Å². The van der Waals surface area contributed by atoms with Gasteiger partial charge in [0.15, 0.2) is 0 Å². The lowest BCUT2D eigenvalue weighted by Crippen LogP contribution is -2.24. The van der Waals surface area contributed by atoms with Gasteiger partial charge in [0, 0.05) is 0 Å². The standard InChI is InChI=1S/C20H30/c1-3-13-9-17(15-7-5-11(1)19(13)15)18-10-14-4-2-12-6-8-16(18)20(12)14/h11-20H,1-10H2/t11-,12-,13-,14-,15-,16+,17-,18+,19+,20-/m0/s1. The van der Waals surface area contributed by atoms with Crippen molar-refractivity contribution in [3.63, 3.8) is 0 Å². The second-order valence-corrected chi connectivity index (χ2v) is 9.63. The van der Waals surface area contributed by atoms with Crippen LogP contribution in [-0.2, 0) is 0 Å². The largest absolute Gasteiger partial charge is 0.0499 e. The highest BCUT2D eigenvalue weighted by atomic mass is 14.7. The molecule has 10 atom stereocenters. The first kappa shape index (κ1) is 11.6. The summed E-state index contributed by atoms with van der Waals surface area (Å²) in [6.07, 6.45) is 16.3. The van der Waals surface area contributed by atoms with Gasteiger partial charge < -0.3 is 0 Å². The third-order valence-corrected chi connectivity index (χ3v) is 9.52. The maximum absolute atomic E-state index is 1.68. The summed E-state index contributed by atoms with van der Waals surface area (Å²) in [5, 5.41) is 0. The molecule has 6 saturated carbocycles. The lowest BCUT2D eigenvalue weighted by molar-refractivity contribution is 0.182. The molecule has 0 heterocycles. The summed E-state index contributed by atoms with van der Waals surface area (Å²) in [7, 11) is 0. The monoisotopic (exact) mass is 270 g/mol. The molecule has 0 aromatic heterocycles. The van der Waals surface area contributed by atoms with Crippen molar-refractivity contribution >= 4 is 0 Å². The van der Waals surface area contributed by atoms with Gasteiger partial charge >= 0.3 is 0 Å². The van der Waals surface area contributed by atoms with Crippen LogP contribution in [0.15, 0.2) is 0 Å². The summed E-state index contributed by atoms with van der Waals surface area (Å²) in [4.78, 5) is 0. The van der Waals surface area contributed by atoms with Gasteiger partial charge in [-0.2, -0.15) is 0 Å². The van der Waals surface area contributed by atoms with E-state index in [9.17, 15) is 0 Å². The zero-order valence-corrected chi connectivity index (χ0v) is 12.8. The van der Waals surface area contributed by atoms with Crippen LogP contribution in [0, 0.1) is 59.2 Å². The molecule has 0 unspecified atom stereocenters. The van der Waals surface area contributed by atoms with Crippen molar-refractivity contribution in [1.82, 2.24) is 0 Å². The van der Waals surface area contributed by atoms with E-state index >= 15 is 0 Å². The molecule has 0 radical (unpaired) electrons. The topological polar surface area (TPSA) is 0 Å². The van der Waals surface area contributed by atoms with Crippen LogP contribution >= 0.6 is 0 Å². The van der Waals surface area contributed by atoms with E-state index in [1.165, 1.54) is 59.2 Å². The lowest BCUT2D eigenvalue weighted by Gasteiger charge is -2.30. The second kappa shape index (κ2) is 3.85. The molecule has 0 nitrogen and oxygen atoms in total. The molecule has 0 amide bonds. The molecule has 6 fully saturated rings. The zero-order valence-electron chi connectivity index (χ0n) is 12.8. The van der Waals surface area contributed by atoms with E-state index in [1.807, 2.05) is 0 Å². The molecule has 0 saturated heterocycles. The van der Waals surface area contributed by atoms with Crippen molar-refractivity contribution in [3.8, 4) is 0 Å². The molecule has 0 spiro atoms. The smallest absolute Gasteiger partial charge is 0.0326 e. The van der Waals surface area contributed by atoms with Crippen LogP contribution in [0.4, 0.5) is 0 Å². The summed E-state index contributed by atoms with van der Waals surface area (Å²) >= 11 is 0. The minimum atomic E-state index is 1.19. The minimum absolute atomic E-state index is 1.19. The van der Waals surface area contributed by atoms with Crippen molar-refractivity contribution in [1.29, 1.82) is 0 Å². The van der Waals surface area contributed by atoms with E-state index in [2.05, 4.69) is 0 Å². The van der Waals surface area contributed by atoms with Crippen molar-refractivity contribution in [3.05, 3.63) is 0 Å². The first-order chi connectivity index (χ1) is 9.90. The molecule has 0 aromatic carbocycles. The predicted molar refractivity (Wildman–Crippen MR) is 81.1 cm³/mol. The highest BCUT2D eigenvalue weighted by molar-refractivity contribution is 5.09. The molecule has 110 valence electrons. The van der Waals surface area contributed by atoms with Crippen LogP contribution in [-0.4, -0.2) is 0 Å². The van der Waals surface area contributed by atoms with E-state index in [4.69, 9.17) is 0 Å². The number of hydrogen-bond acceptors (Lipinski definition) is 0. The van der Waals surface area contributed by atoms with E-state index in [1.54, 1.807) is 64.2 Å². The maximum atomic E-state index is 1.68. The molecule has 6 aliphatic rings. The Kier molecular flexibility index (Phi) is 2.22. The Labute approximate surface area is 124 Å². The number of rotatable bonds is 1. The second-order valence-electron chi connectivity index (χ2n) is 9.63. The first-order valence-electron chi connectivity index (χ1n) is 9.90.